The first-order valence-electron chi connectivity index (χ1n) is 11.8. The van der Waals surface area contributed by atoms with Crippen molar-refractivity contribution >= 4 is 74.2 Å². The number of carboxylic acid groups (broad SMARTS) is 4. The minimum absolute atomic E-state index is 0.00202. The Labute approximate surface area is 247 Å². The number of rotatable bonds is 12. The van der Waals surface area contributed by atoms with Crippen molar-refractivity contribution < 1.29 is 58.3 Å². The molecule has 2 amide bonds. The maximum atomic E-state index is 14.9. The van der Waals surface area contributed by atoms with Crippen molar-refractivity contribution in [3.8, 4) is 11.5 Å². The summed E-state index contributed by atoms with van der Waals surface area (Å²) in [6, 6.07) is 6.37. The van der Waals surface area contributed by atoms with Gasteiger partial charge in [-0.25, -0.2) is 14.2 Å². The van der Waals surface area contributed by atoms with Gasteiger partial charge in [-0.3, -0.25) is 19.2 Å². The molecule has 0 aliphatic carbocycles. The SMILES string of the molecule is COc1cc(F)c(NC(=O)Nc2csc(C(C(=O)O)C(=O)O)c2C(C(=O)O)C(=O)O)cc1OCc1cccc2scnc12. The zero-order chi connectivity index (χ0) is 31.4. The molecule has 0 fully saturated rings. The average Bonchev–Trinajstić information content (AvgIpc) is 3.56. The number of methoxy groups -OCH3 is 1. The van der Waals surface area contributed by atoms with Crippen LogP contribution in [-0.2, 0) is 25.8 Å². The van der Waals surface area contributed by atoms with Crippen molar-refractivity contribution in [2.75, 3.05) is 17.7 Å². The molecule has 0 radical (unpaired) electrons. The molecule has 6 N–H and O–H groups in total. The van der Waals surface area contributed by atoms with E-state index in [9.17, 15) is 48.8 Å². The number of hydrogen-bond acceptors (Lipinski definition) is 10. The highest BCUT2D eigenvalue weighted by Gasteiger charge is 2.40. The molecule has 0 bridgehead atoms. The van der Waals surface area contributed by atoms with Gasteiger partial charge < -0.3 is 40.5 Å². The number of carboxylic acids is 4. The van der Waals surface area contributed by atoms with E-state index < -0.39 is 69.4 Å². The first-order chi connectivity index (χ1) is 20.4. The van der Waals surface area contributed by atoms with Gasteiger partial charge in [0.2, 0.25) is 0 Å². The number of carbonyl (C=O) groups excluding carboxylic acids is 1. The van der Waals surface area contributed by atoms with E-state index in [1.54, 1.807) is 11.6 Å². The smallest absolute Gasteiger partial charge is 0.323 e. The van der Waals surface area contributed by atoms with Crippen LogP contribution in [0, 0.1) is 5.82 Å². The number of urea groups is 1. The molecule has 2 aromatic heterocycles. The third kappa shape index (κ3) is 6.47. The van der Waals surface area contributed by atoms with Gasteiger partial charge >= 0.3 is 29.9 Å². The molecule has 14 nitrogen and oxygen atoms in total. The highest BCUT2D eigenvalue weighted by Crippen LogP contribution is 2.40. The van der Waals surface area contributed by atoms with Crippen molar-refractivity contribution in [3.63, 3.8) is 0 Å². The first kappa shape index (κ1) is 30.7. The fraction of sp³-hybridized carbons (Fsp3) is 0.154. The van der Waals surface area contributed by atoms with Crippen LogP contribution in [0.3, 0.4) is 0 Å². The second kappa shape index (κ2) is 12.7. The summed E-state index contributed by atoms with van der Waals surface area (Å²) in [6.07, 6.45) is 0. The molecule has 0 aliphatic heterocycles. The number of thiazole rings is 1. The van der Waals surface area contributed by atoms with Crippen molar-refractivity contribution in [2.45, 2.75) is 18.4 Å². The Kier molecular flexibility index (Phi) is 9.06. The summed E-state index contributed by atoms with van der Waals surface area (Å²) in [5, 5.41) is 43.1. The number of carbonyl (C=O) groups is 5. The number of aromatic nitrogens is 1. The number of aliphatic carboxylic acids is 4. The fourth-order valence-corrected chi connectivity index (χ4v) is 5.93. The average molecular weight is 634 g/mol. The van der Waals surface area contributed by atoms with Crippen LogP contribution < -0.4 is 20.1 Å². The van der Waals surface area contributed by atoms with Crippen LogP contribution in [0.25, 0.3) is 10.2 Å². The number of para-hydroxylation sites is 1. The van der Waals surface area contributed by atoms with E-state index in [0.717, 1.165) is 27.8 Å². The maximum Gasteiger partial charge on any atom is 0.323 e. The van der Waals surface area contributed by atoms with Gasteiger partial charge in [-0.2, -0.15) is 0 Å². The molecule has 0 unspecified atom stereocenters. The lowest BCUT2D eigenvalue weighted by Gasteiger charge is -2.16. The van der Waals surface area contributed by atoms with Gasteiger partial charge in [-0.15, -0.1) is 22.7 Å². The first-order valence-corrected chi connectivity index (χ1v) is 13.6. The number of ether oxygens (including phenoxy) is 2. The number of hydrogen-bond donors (Lipinski definition) is 6. The van der Waals surface area contributed by atoms with Crippen LogP contribution in [0.15, 0.2) is 41.2 Å². The van der Waals surface area contributed by atoms with Gasteiger partial charge in [0.1, 0.15) is 6.61 Å². The summed E-state index contributed by atoms with van der Waals surface area (Å²) in [5.74, 6) is -13.3. The van der Waals surface area contributed by atoms with Gasteiger partial charge in [0.05, 0.1) is 34.2 Å². The zero-order valence-electron chi connectivity index (χ0n) is 21.7. The standard InChI is InChI=1S/C26H20FN3O11S2/c1-40-14-5-11(27)12(6-15(14)41-7-10-3-2-4-16-20(10)28-9-43-16)29-26(39)30-13-8-42-21(19(24(35)36)25(37)38)17(13)18(22(31)32)23(33)34/h2-6,8-9,18-19H,7H2,1H3,(H,31,32)(H,33,34)(H,35,36)(H,37,38)(H2,29,30,39). The highest BCUT2D eigenvalue weighted by atomic mass is 32.1. The highest BCUT2D eigenvalue weighted by molar-refractivity contribution is 7.16. The molecule has 2 heterocycles. The molecular weight excluding hydrogens is 613 g/mol. The Bertz CT molecular complexity index is 1730. The number of nitrogens with one attached hydrogen (secondary N) is 2. The minimum Gasteiger partial charge on any atom is -0.493 e. The van der Waals surface area contributed by atoms with Crippen LogP contribution >= 0.6 is 22.7 Å². The lowest BCUT2D eigenvalue weighted by molar-refractivity contribution is -0.152. The Balaban J connectivity index is 1.62. The maximum absolute atomic E-state index is 14.9. The third-order valence-electron chi connectivity index (χ3n) is 5.97. The van der Waals surface area contributed by atoms with Gasteiger partial charge in [0, 0.05) is 33.5 Å². The Morgan fingerprint density at radius 3 is 2.19 bits per heavy atom. The molecule has 224 valence electrons. The molecule has 4 aromatic rings. The summed E-state index contributed by atoms with van der Waals surface area (Å²) in [4.78, 5) is 63.3. The molecule has 0 atom stereocenters. The zero-order valence-corrected chi connectivity index (χ0v) is 23.3. The van der Waals surface area contributed by atoms with E-state index in [1.165, 1.54) is 18.4 Å². The van der Waals surface area contributed by atoms with E-state index in [1.807, 2.05) is 12.1 Å². The Morgan fingerprint density at radius 2 is 1.56 bits per heavy atom. The summed E-state index contributed by atoms with van der Waals surface area (Å²) in [7, 11) is 1.28. The monoisotopic (exact) mass is 633 g/mol. The second-order valence-electron chi connectivity index (χ2n) is 8.61. The number of amides is 2. The van der Waals surface area contributed by atoms with E-state index >= 15 is 0 Å². The molecule has 4 rings (SSSR count). The molecule has 0 saturated carbocycles. The lowest BCUT2D eigenvalue weighted by Crippen LogP contribution is -2.28. The predicted molar refractivity (Wildman–Crippen MR) is 150 cm³/mol. The van der Waals surface area contributed by atoms with Crippen molar-refractivity contribution in [1.82, 2.24) is 4.98 Å². The molecule has 2 aromatic carbocycles. The number of benzene rings is 2. The number of nitrogens with zero attached hydrogens (tertiary/aromatic N) is 1. The number of thiophene rings is 1. The second-order valence-corrected chi connectivity index (χ2v) is 10.4. The lowest BCUT2D eigenvalue weighted by atomic mass is 9.93. The van der Waals surface area contributed by atoms with Gasteiger partial charge in [-0.1, -0.05) is 12.1 Å². The Morgan fingerprint density at radius 1 is 0.907 bits per heavy atom. The molecule has 0 aliphatic rings. The van der Waals surface area contributed by atoms with E-state index in [4.69, 9.17) is 9.47 Å². The van der Waals surface area contributed by atoms with Crippen molar-refractivity contribution in [2.24, 2.45) is 0 Å². The molecule has 43 heavy (non-hydrogen) atoms. The van der Waals surface area contributed by atoms with Crippen LogP contribution in [0.5, 0.6) is 11.5 Å². The fourth-order valence-electron chi connectivity index (χ4n) is 4.08. The van der Waals surface area contributed by atoms with E-state index in [0.29, 0.717) is 16.9 Å². The topological polar surface area (TPSA) is 222 Å². The van der Waals surface area contributed by atoms with Crippen molar-refractivity contribution in [3.05, 3.63) is 63.0 Å². The third-order valence-corrected chi connectivity index (χ3v) is 7.83. The quantitative estimate of drug-likeness (QED) is 0.121. The summed E-state index contributed by atoms with van der Waals surface area (Å²) in [6.45, 7) is 0.00975. The molecule has 0 spiro atoms. The number of fused-ring (bicyclic) bond motifs is 1. The largest absolute Gasteiger partial charge is 0.493 e. The summed E-state index contributed by atoms with van der Waals surface area (Å²) < 4.78 is 26.8. The molecule has 0 saturated heterocycles. The summed E-state index contributed by atoms with van der Waals surface area (Å²) in [5.41, 5.74) is 1.44. The van der Waals surface area contributed by atoms with Crippen LogP contribution in [0.1, 0.15) is 27.8 Å². The number of anilines is 2. The molecule has 17 heteroatoms. The predicted octanol–water partition coefficient (Wildman–Crippen LogP) is 4.23. The van der Waals surface area contributed by atoms with Gasteiger partial charge in [-0.05, 0) is 6.07 Å². The number of halogens is 1. The normalized spacial score (nSPS) is 11.0. The summed E-state index contributed by atoms with van der Waals surface area (Å²) >= 11 is 1.86. The van der Waals surface area contributed by atoms with Crippen LogP contribution in [0.2, 0.25) is 0 Å². The van der Waals surface area contributed by atoms with Crippen LogP contribution in [0.4, 0.5) is 20.6 Å². The van der Waals surface area contributed by atoms with Crippen LogP contribution in [-0.4, -0.2) is 62.4 Å². The van der Waals surface area contributed by atoms with Crippen molar-refractivity contribution in [1.29, 1.82) is 0 Å². The molecular formula is C26H20FN3O11S2. The van der Waals surface area contributed by atoms with Gasteiger partial charge in [0.15, 0.2) is 29.2 Å². The van der Waals surface area contributed by atoms with E-state index in [-0.39, 0.29) is 18.1 Å². The minimum atomic E-state index is -2.43. The van der Waals surface area contributed by atoms with E-state index in [2.05, 4.69) is 15.6 Å². The van der Waals surface area contributed by atoms with Gasteiger partial charge in [0.25, 0.3) is 0 Å². The Hall–Kier alpha value is -5.29.